The maximum atomic E-state index is 11.6. The first-order valence-electron chi connectivity index (χ1n) is 5.38. The molecule has 1 heterocycles. The molecule has 0 saturated heterocycles. The van der Waals surface area contributed by atoms with E-state index in [-0.39, 0.29) is 6.61 Å². The molecule has 0 fully saturated rings. The molecule has 0 aliphatic rings. The fraction of sp³-hybridized carbons (Fsp3) is 0.300. The summed E-state index contributed by atoms with van der Waals surface area (Å²) in [6.07, 6.45) is -0.308. The number of carbonyl (C=O) groups excluding carboxylic acids is 2. The van der Waals surface area contributed by atoms with E-state index in [1.807, 2.05) is 0 Å². The Bertz CT molecular complexity index is 658. The standard InChI is InChI=1S/C10H11N3O7/c1-2-20-10(19)12-8(17)5-3-13(4-6(14)15)9(18)11-7(5)16/h3H,2,4H2,1H3,(H,14,15)(H,11,16,18)(H,12,17,19). The van der Waals surface area contributed by atoms with Crippen LogP contribution in [0.3, 0.4) is 0 Å². The number of carboxylic acid groups (broad SMARTS) is 1. The van der Waals surface area contributed by atoms with Gasteiger partial charge in [-0.2, -0.15) is 0 Å². The predicted molar refractivity (Wildman–Crippen MR) is 63.4 cm³/mol. The van der Waals surface area contributed by atoms with E-state index >= 15 is 0 Å². The number of H-pyrrole nitrogens is 1. The van der Waals surface area contributed by atoms with Gasteiger partial charge in [-0.05, 0) is 6.92 Å². The molecule has 0 bridgehead atoms. The Morgan fingerprint density at radius 1 is 1.40 bits per heavy atom. The highest BCUT2D eigenvalue weighted by Crippen LogP contribution is 1.90. The van der Waals surface area contributed by atoms with E-state index in [1.165, 1.54) is 6.92 Å². The Kier molecular flexibility index (Phi) is 4.78. The molecule has 10 nitrogen and oxygen atoms in total. The molecule has 1 rings (SSSR count). The highest BCUT2D eigenvalue weighted by atomic mass is 16.5. The fourth-order valence-electron chi connectivity index (χ4n) is 1.26. The van der Waals surface area contributed by atoms with Gasteiger partial charge in [0.05, 0.1) is 6.61 Å². The molecule has 0 unspecified atom stereocenters. The monoisotopic (exact) mass is 285 g/mol. The molecule has 0 aromatic carbocycles. The summed E-state index contributed by atoms with van der Waals surface area (Å²) in [5, 5.41) is 10.3. The van der Waals surface area contributed by atoms with Crippen LogP contribution in [0.2, 0.25) is 0 Å². The van der Waals surface area contributed by atoms with Gasteiger partial charge in [0.1, 0.15) is 12.1 Å². The van der Waals surface area contributed by atoms with Crippen molar-refractivity contribution in [2.45, 2.75) is 13.5 Å². The van der Waals surface area contributed by atoms with Crippen LogP contribution < -0.4 is 16.6 Å². The third-order valence-electron chi connectivity index (χ3n) is 2.05. The van der Waals surface area contributed by atoms with Crippen molar-refractivity contribution in [3.05, 3.63) is 32.6 Å². The number of imide groups is 1. The lowest BCUT2D eigenvalue weighted by Crippen LogP contribution is -2.39. The molecule has 2 amide bonds. The fourth-order valence-corrected chi connectivity index (χ4v) is 1.26. The zero-order valence-electron chi connectivity index (χ0n) is 10.3. The second-order valence-electron chi connectivity index (χ2n) is 3.50. The van der Waals surface area contributed by atoms with Gasteiger partial charge >= 0.3 is 17.8 Å². The molecule has 10 heteroatoms. The van der Waals surface area contributed by atoms with E-state index in [9.17, 15) is 24.0 Å². The smallest absolute Gasteiger partial charge is 0.414 e. The number of carbonyl (C=O) groups is 3. The van der Waals surface area contributed by atoms with Gasteiger partial charge in [0.25, 0.3) is 11.5 Å². The van der Waals surface area contributed by atoms with Crippen molar-refractivity contribution >= 4 is 18.0 Å². The van der Waals surface area contributed by atoms with Crippen LogP contribution in [0.25, 0.3) is 0 Å². The number of carboxylic acids is 1. The first kappa shape index (κ1) is 15.1. The number of alkyl carbamates (subject to hydrolysis) is 1. The van der Waals surface area contributed by atoms with Crippen LogP contribution in [0.5, 0.6) is 0 Å². The van der Waals surface area contributed by atoms with Crippen molar-refractivity contribution in [3.8, 4) is 0 Å². The van der Waals surface area contributed by atoms with Gasteiger partial charge in [-0.25, -0.2) is 9.59 Å². The largest absolute Gasteiger partial charge is 0.480 e. The summed E-state index contributed by atoms with van der Waals surface area (Å²) in [4.78, 5) is 57.7. The minimum atomic E-state index is -1.34. The maximum absolute atomic E-state index is 11.6. The number of rotatable bonds is 4. The average molecular weight is 285 g/mol. The summed E-state index contributed by atoms with van der Waals surface area (Å²) < 4.78 is 5.06. The summed E-state index contributed by atoms with van der Waals surface area (Å²) in [6, 6.07) is 0. The molecule has 0 aliphatic heterocycles. The lowest BCUT2D eigenvalue weighted by atomic mass is 10.3. The Hall–Kier alpha value is -2.91. The van der Waals surface area contributed by atoms with Gasteiger partial charge < -0.3 is 9.84 Å². The Labute approximate surface area is 111 Å². The van der Waals surface area contributed by atoms with E-state index in [4.69, 9.17) is 5.11 Å². The molecule has 0 atom stereocenters. The molecule has 108 valence electrons. The number of aliphatic carboxylic acids is 1. The summed E-state index contributed by atoms with van der Waals surface area (Å²) in [7, 11) is 0. The number of amides is 2. The van der Waals surface area contributed by atoms with Crippen molar-refractivity contribution in [1.82, 2.24) is 14.9 Å². The summed E-state index contributed by atoms with van der Waals surface area (Å²) in [5.41, 5.74) is -2.61. The maximum Gasteiger partial charge on any atom is 0.414 e. The van der Waals surface area contributed by atoms with Crippen LogP contribution in [0.4, 0.5) is 4.79 Å². The predicted octanol–water partition coefficient (Wildman–Crippen LogP) is -1.49. The number of hydrogen-bond donors (Lipinski definition) is 3. The van der Waals surface area contributed by atoms with E-state index in [1.54, 1.807) is 10.3 Å². The molecular weight excluding hydrogens is 274 g/mol. The van der Waals surface area contributed by atoms with Crippen LogP contribution in [0.1, 0.15) is 17.3 Å². The van der Waals surface area contributed by atoms with E-state index in [0.717, 1.165) is 6.20 Å². The molecule has 1 aromatic rings. The molecule has 20 heavy (non-hydrogen) atoms. The molecule has 3 N–H and O–H groups in total. The quantitative estimate of drug-likeness (QED) is 0.610. The van der Waals surface area contributed by atoms with E-state index in [2.05, 4.69) is 4.74 Å². The first-order valence-corrected chi connectivity index (χ1v) is 5.38. The average Bonchev–Trinajstić information content (AvgIpc) is 2.32. The lowest BCUT2D eigenvalue weighted by Gasteiger charge is -2.06. The van der Waals surface area contributed by atoms with Crippen LogP contribution in [-0.2, 0) is 16.1 Å². The van der Waals surface area contributed by atoms with Crippen LogP contribution in [0, 0.1) is 0 Å². The Morgan fingerprint density at radius 2 is 2.05 bits per heavy atom. The number of nitrogens with zero attached hydrogens (tertiary/aromatic N) is 1. The number of aromatic nitrogens is 2. The molecule has 0 saturated carbocycles. The SMILES string of the molecule is CCOC(=O)NC(=O)c1cn(CC(=O)O)c(=O)[nH]c1=O. The lowest BCUT2D eigenvalue weighted by molar-refractivity contribution is -0.137. The van der Waals surface area contributed by atoms with Gasteiger partial charge in [-0.1, -0.05) is 0 Å². The third-order valence-corrected chi connectivity index (χ3v) is 2.05. The second kappa shape index (κ2) is 6.31. The Balaban J connectivity index is 3.08. The highest BCUT2D eigenvalue weighted by molar-refractivity contribution is 6.02. The van der Waals surface area contributed by atoms with Gasteiger partial charge in [0, 0.05) is 6.20 Å². The van der Waals surface area contributed by atoms with E-state index < -0.39 is 41.3 Å². The minimum absolute atomic E-state index is 0.0218. The van der Waals surface area contributed by atoms with Crippen molar-refractivity contribution in [3.63, 3.8) is 0 Å². The zero-order chi connectivity index (χ0) is 15.3. The van der Waals surface area contributed by atoms with Crippen LogP contribution >= 0.6 is 0 Å². The molecule has 0 aliphatic carbocycles. The Morgan fingerprint density at radius 3 is 2.60 bits per heavy atom. The zero-order valence-corrected chi connectivity index (χ0v) is 10.3. The minimum Gasteiger partial charge on any atom is -0.480 e. The van der Waals surface area contributed by atoms with Crippen LogP contribution in [0.15, 0.2) is 15.8 Å². The third kappa shape index (κ3) is 3.80. The summed E-state index contributed by atoms with van der Waals surface area (Å²) in [5.74, 6) is -2.44. The summed E-state index contributed by atoms with van der Waals surface area (Å²) >= 11 is 0. The van der Waals surface area contributed by atoms with Crippen molar-refractivity contribution in [1.29, 1.82) is 0 Å². The second-order valence-corrected chi connectivity index (χ2v) is 3.50. The summed E-state index contributed by atoms with van der Waals surface area (Å²) in [6.45, 7) is 0.799. The molecule has 1 aromatic heterocycles. The van der Waals surface area contributed by atoms with Crippen molar-refractivity contribution in [2.24, 2.45) is 0 Å². The van der Waals surface area contributed by atoms with Gasteiger partial charge in [0.2, 0.25) is 0 Å². The van der Waals surface area contributed by atoms with Gasteiger partial charge in [0.15, 0.2) is 0 Å². The highest BCUT2D eigenvalue weighted by Gasteiger charge is 2.17. The molecular formula is C10H11N3O7. The molecule has 0 radical (unpaired) electrons. The number of hydrogen-bond acceptors (Lipinski definition) is 6. The van der Waals surface area contributed by atoms with Gasteiger partial charge in [-0.15, -0.1) is 0 Å². The number of nitrogens with one attached hydrogen (secondary N) is 2. The number of aromatic amines is 1. The van der Waals surface area contributed by atoms with Gasteiger partial charge in [-0.3, -0.25) is 29.3 Å². The van der Waals surface area contributed by atoms with Crippen molar-refractivity contribution in [2.75, 3.05) is 6.61 Å². The topological polar surface area (TPSA) is 148 Å². The van der Waals surface area contributed by atoms with Crippen molar-refractivity contribution < 1.29 is 24.2 Å². The number of ether oxygens (including phenoxy) is 1. The van der Waals surface area contributed by atoms with E-state index in [0.29, 0.717) is 4.57 Å². The first-order chi connectivity index (χ1) is 9.35. The normalized spacial score (nSPS) is 9.85. The van der Waals surface area contributed by atoms with Crippen LogP contribution in [-0.4, -0.2) is 39.2 Å². The molecule has 0 spiro atoms.